The Labute approximate surface area is 202 Å². The summed E-state index contributed by atoms with van der Waals surface area (Å²) in [6.45, 7) is 4.76. The third-order valence-corrected chi connectivity index (χ3v) is 5.43. The molecule has 0 bridgehead atoms. The van der Waals surface area contributed by atoms with E-state index in [-0.39, 0.29) is 13.1 Å². The second-order valence-corrected chi connectivity index (χ2v) is 9.27. The van der Waals surface area contributed by atoms with Crippen LogP contribution in [0.5, 0.6) is 0 Å². The normalized spacial score (nSPS) is 14.8. The molecule has 1 aliphatic rings. The minimum absolute atomic E-state index is 0.194. The predicted molar refractivity (Wildman–Crippen MR) is 132 cm³/mol. The zero-order valence-electron chi connectivity index (χ0n) is 17.7. The number of halogens is 2. The fraction of sp³-hybridized carbons (Fsp3) is 0.115. The van der Waals surface area contributed by atoms with Crippen LogP contribution >= 0.6 is 20.2 Å². The molecule has 0 aliphatic heterocycles. The molecule has 1 aliphatic carbocycles. The van der Waals surface area contributed by atoms with Gasteiger partial charge in [0.05, 0.1) is 29.3 Å². The van der Waals surface area contributed by atoms with E-state index in [0.29, 0.717) is 6.54 Å². The number of hydrogen-bond acceptors (Lipinski definition) is 3. The van der Waals surface area contributed by atoms with Gasteiger partial charge in [-0.1, -0.05) is 60.7 Å². The Bertz CT molecular complexity index is 1290. The summed E-state index contributed by atoms with van der Waals surface area (Å²) >= 11 is 0.194. The molecule has 0 unspecified atom stereocenters. The SMILES string of the molecule is Cc1cccc(C)c1N=C1C(=NCc2ccccn2)c2cccc3cccc1c23.[Cl][Fe][Cl]. The first kappa shape index (κ1) is 22.7. The van der Waals surface area contributed by atoms with Crippen LogP contribution in [-0.2, 0) is 19.7 Å². The van der Waals surface area contributed by atoms with E-state index in [1.807, 2.05) is 24.4 Å². The van der Waals surface area contributed by atoms with Gasteiger partial charge >= 0.3 is 33.3 Å². The van der Waals surface area contributed by atoms with Gasteiger partial charge in [-0.25, -0.2) is 4.99 Å². The summed E-state index contributed by atoms with van der Waals surface area (Å²) in [5.41, 5.74) is 8.52. The molecule has 0 radical (unpaired) electrons. The van der Waals surface area contributed by atoms with Gasteiger partial charge < -0.3 is 0 Å². The average Bonchev–Trinajstić information content (AvgIpc) is 3.11. The Balaban J connectivity index is 0.000000775. The molecule has 4 aromatic rings. The maximum absolute atomic E-state index is 5.16. The fourth-order valence-corrected chi connectivity index (χ4v) is 4.01. The molecule has 162 valence electrons. The first-order valence-corrected chi connectivity index (χ1v) is 13.1. The molecule has 0 spiro atoms. The number of hydrogen-bond donors (Lipinski definition) is 0. The third-order valence-electron chi connectivity index (χ3n) is 5.43. The molecule has 0 N–H and O–H groups in total. The van der Waals surface area contributed by atoms with E-state index in [4.69, 9.17) is 30.2 Å². The molecule has 0 fully saturated rings. The summed E-state index contributed by atoms with van der Waals surface area (Å²) < 4.78 is 0. The number of rotatable bonds is 3. The van der Waals surface area contributed by atoms with Crippen LogP contribution in [0.25, 0.3) is 10.8 Å². The van der Waals surface area contributed by atoms with Crippen molar-refractivity contribution in [3.05, 3.63) is 107 Å². The van der Waals surface area contributed by atoms with E-state index in [1.165, 1.54) is 21.9 Å². The third kappa shape index (κ3) is 4.65. The van der Waals surface area contributed by atoms with Crippen molar-refractivity contribution in [1.82, 2.24) is 4.98 Å². The molecule has 0 saturated carbocycles. The second kappa shape index (κ2) is 10.4. The Hall–Kier alpha value is -2.49. The molecule has 3 aromatic carbocycles. The van der Waals surface area contributed by atoms with Crippen molar-refractivity contribution >= 4 is 48.1 Å². The van der Waals surface area contributed by atoms with Gasteiger partial charge in [-0.05, 0) is 42.5 Å². The number of nitrogens with zero attached hydrogens (tertiary/aromatic N) is 3. The standard InChI is InChI=1S/C26H21N3.2ClH.Fe/c1-17-8-5-9-18(2)24(17)29-26-22-14-7-11-19-10-6-13-21(23(19)22)25(26)28-16-20-12-3-4-15-27-20;;;/h3-15H,16H2,1-2H3;2*1H;/q;;;+2/p-2. The quantitative estimate of drug-likeness (QED) is 0.270. The van der Waals surface area contributed by atoms with E-state index >= 15 is 0 Å². The summed E-state index contributed by atoms with van der Waals surface area (Å²) in [4.78, 5) is 14.6. The van der Waals surface area contributed by atoms with E-state index < -0.39 is 0 Å². The molecule has 6 heteroatoms. The van der Waals surface area contributed by atoms with Crippen molar-refractivity contribution in [2.24, 2.45) is 9.98 Å². The van der Waals surface area contributed by atoms with Crippen molar-refractivity contribution < 1.29 is 13.1 Å². The van der Waals surface area contributed by atoms with Gasteiger partial charge in [-0.2, -0.15) is 0 Å². The number of aryl methyl sites for hydroxylation is 2. The molecule has 3 nitrogen and oxygen atoms in total. The van der Waals surface area contributed by atoms with Crippen molar-refractivity contribution in [3.63, 3.8) is 0 Å². The van der Waals surface area contributed by atoms with Gasteiger partial charge in [0, 0.05) is 22.7 Å². The molecule has 1 aromatic heterocycles. The monoisotopic (exact) mass is 501 g/mol. The van der Waals surface area contributed by atoms with Crippen molar-refractivity contribution in [3.8, 4) is 0 Å². The molecule has 0 amide bonds. The predicted octanol–water partition coefficient (Wildman–Crippen LogP) is 7.35. The Kier molecular flexibility index (Phi) is 7.39. The molecule has 0 saturated heterocycles. The van der Waals surface area contributed by atoms with Gasteiger partial charge in [0.25, 0.3) is 0 Å². The Morgan fingerprint density at radius 1 is 0.781 bits per heavy atom. The molecular formula is C26H21Cl2FeN3. The van der Waals surface area contributed by atoms with Crippen LogP contribution in [-0.4, -0.2) is 16.4 Å². The molecular weight excluding hydrogens is 481 g/mol. The summed E-state index contributed by atoms with van der Waals surface area (Å²) in [5.74, 6) is 0. The van der Waals surface area contributed by atoms with Crippen LogP contribution in [0.15, 0.2) is 89.0 Å². The second-order valence-electron chi connectivity index (χ2n) is 7.45. The fourth-order valence-electron chi connectivity index (χ4n) is 4.01. The van der Waals surface area contributed by atoms with E-state index in [2.05, 4.69) is 73.4 Å². The average molecular weight is 502 g/mol. The first-order chi connectivity index (χ1) is 15.6. The van der Waals surface area contributed by atoms with Gasteiger partial charge in [0.1, 0.15) is 0 Å². The Morgan fingerprint density at radius 3 is 2.03 bits per heavy atom. The van der Waals surface area contributed by atoms with Crippen LogP contribution in [0.2, 0.25) is 0 Å². The molecule has 32 heavy (non-hydrogen) atoms. The number of para-hydroxylation sites is 1. The van der Waals surface area contributed by atoms with E-state index in [9.17, 15) is 0 Å². The number of pyridine rings is 1. The summed E-state index contributed by atoms with van der Waals surface area (Å²) in [6.07, 6.45) is 1.81. The van der Waals surface area contributed by atoms with Gasteiger partial charge in [0.2, 0.25) is 0 Å². The van der Waals surface area contributed by atoms with Crippen LogP contribution in [0.3, 0.4) is 0 Å². The summed E-state index contributed by atoms with van der Waals surface area (Å²) in [5, 5.41) is 2.46. The van der Waals surface area contributed by atoms with Crippen LogP contribution in [0.1, 0.15) is 27.9 Å². The van der Waals surface area contributed by atoms with Crippen LogP contribution in [0.4, 0.5) is 5.69 Å². The van der Waals surface area contributed by atoms with E-state index in [1.54, 1.807) is 0 Å². The van der Waals surface area contributed by atoms with Gasteiger partial charge in [-0.15, -0.1) is 0 Å². The minimum atomic E-state index is 0.194. The number of aliphatic imine (C=N–C) groups is 2. The first-order valence-electron chi connectivity index (χ1n) is 10.1. The van der Waals surface area contributed by atoms with Crippen molar-refractivity contribution in [1.29, 1.82) is 0 Å². The molecule has 0 atom stereocenters. The van der Waals surface area contributed by atoms with Crippen LogP contribution in [0, 0.1) is 13.8 Å². The topological polar surface area (TPSA) is 37.6 Å². The van der Waals surface area contributed by atoms with Gasteiger partial charge in [0.15, 0.2) is 0 Å². The summed E-state index contributed by atoms with van der Waals surface area (Å²) in [6, 6.07) is 25.0. The van der Waals surface area contributed by atoms with Crippen molar-refractivity contribution in [2.75, 3.05) is 0 Å². The van der Waals surface area contributed by atoms with Crippen LogP contribution < -0.4 is 0 Å². The zero-order valence-corrected chi connectivity index (χ0v) is 20.3. The maximum atomic E-state index is 5.16. The molecule has 5 rings (SSSR count). The number of benzene rings is 3. The zero-order chi connectivity index (χ0) is 22.5. The Morgan fingerprint density at radius 2 is 1.41 bits per heavy atom. The molecule has 1 heterocycles. The van der Waals surface area contributed by atoms with Crippen molar-refractivity contribution in [2.45, 2.75) is 20.4 Å². The van der Waals surface area contributed by atoms with Gasteiger partial charge in [-0.3, -0.25) is 9.98 Å². The summed E-state index contributed by atoms with van der Waals surface area (Å²) in [7, 11) is 9.53. The number of aromatic nitrogens is 1. The van der Waals surface area contributed by atoms with E-state index in [0.717, 1.165) is 33.9 Å².